The average molecular weight is 267 g/mol. The van der Waals surface area contributed by atoms with Crippen molar-refractivity contribution in [2.24, 2.45) is 0 Å². The van der Waals surface area contributed by atoms with E-state index in [1.807, 2.05) is 0 Å². The molecule has 1 N–H and O–H groups in total. The van der Waals surface area contributed by atoms with E-state index in [2.05, 4.69) is 15.1 Å². The van der Waals surface area contributed by atoms with Gasteiger partial charge in [-0.15, -0.1) is 0 Å². The molecule has 0 radical (unpaired) electrons. The summed E-state index contributed by atoms with van der Waals surface area (Å²) >= 11 is 0. The Labute approximate surface area is 115 Å². The van der Waals surface area contributed by atoms with Crippen LogP contribution < -0.4 is 5.32 Å². The van der Waals surface area contributed by atoms with Crippen LogP contribution in [0.15, 0.2) is 0 Å². The number of rotatable bonds is 2. The molecule has 0 spiro atoms. The first kappa shape index (κ1) is 13.3. The van der Waals surface area contributed by atoms with Gasteiger partial charge in [0.05, 0.1) is 25.3 Å². The molecule has 2 atom stereocenters. The normalized spacial score (nSPS) is 32.9. The van der Waals surface area contributed by atoms with Gasteiger partial charge in [0.25, 0.3) is 0 Å². The van der Waals surface area contributed by atoms with Gasteiger partial charge in [-0.05, 0) is 12.8 Å². The molecule has 3 fully saturated rings. The molecular weight excluding hydrogens is 242 g/mol. The van der Waals surface area contributed by atoms with Crippen LogP contribution in [0.25, 0.3) is 0 Å². The number of hydrogen-bond donors (Lipinski definition) is 1. The van der Waals surface area contributed by atoms with Gasteiger partial charge in [0.2, 0.25) is 5.91 Å². The Bertz CT molecular complexity index is 316. The van der Waals surface area contributed by atoms with Gasteiger partial charge in [-0.1, -0.05) is 12.8 Å². The number of fused-ring (bicyclic) bond motifs is 1. The molecule has 3 aliphatic rings. The molecule has 1 amide bonds. The minimum atomic E-state index is 0.300. The molecule has 2 heterocycles. The lowest BCUT2D eigenvalue weighted by molar-refractivity contribution is -0.150. The van der Waals surface area contributed by atoms with Crippen molar-refractivity contribution in [3.8, 4) is 0 Å². The summed E-state index contributed by atoms with van der Waals surface area (Å²) in [5, 5.41) is 3.33. The monoisotopic (exact) mass is 267 g/mol. The Hall–Kier alpha value is -0.650. The third-order valence-electron chi connectivity index (χ3n) is 4.62. The zero-order valence-electron chi connectivity index (χ0n) is 11.6. The molecular formula is C14H25N3O2. The molecule has 2 aliphatic heterocycles. The maximum atomic E-state index is 12.5. The fraction of sp³-hybridized carbons (Fsp3) is 0.929. The quantitative estimate of drug-likeness (QED) is 0.768. The van der Waals surface area contributed by atoms with Crippen LogP contribution in [0.3, 0.4) is 0 Å². The van der Waals surface area contributed by atoms with Crippen molar-refractivity contribution < 1.29 is 9.53 Å². The maximum absolute atomic E-state index is 12.5. The van der Waals surface area contributed by atoms with E-state index in [0.717, 1.165) is 45.6 Å². The van der Waals surface area contributed by atoms with E-state index < -0.39 is 0 Å². The van der Waals surface area contributed by atoms with Gasteiger partial charge in [0.1, 0.15) is 0 Å². The number of piperazine rings is 1. The number of hydrogen-bond acceptors (Lipinski definition) is 4. The zero-order chi connectivity index (χ0) is 13.1. The number of carbonyl (C=O) groups excluding carboxylic acids is 1. The highest BCUT2D eigenvalue weighted by atomic mass is 16.5. The van der Waals surface area contributed by atoms with Crippen LogP contribution in [-0.2, 0) is 9.53 Å². The first-order chi connectivity index (χ1) is 9.34. The molecule has 0 aromatic heterocycles. The SMILES string of the molecule is O=C(CN1CCNCC1)N1CCOC2CCCCC21. The van der Waals surface area contributed by atoms with E-state index in [1.54, 1.807) is 0 Å². The van der Waals surface area contributed by atoms with Gasteiger partial charge in [-0.25, -0.2) is 0 Å². The summed E-state index contributed by atoms with van der Waals surface area (Å²) in [5.74, 6) is 0.308. The third kappa shape index (κ3) is 3.09. The molecule has 5 heteroatoms. The number of amides is 1. The molecule has 1 saturated carbocycles. The second-order valence-electron chi connectivity index (χ2n) is 5.87. The van der Waals surface area contributed by atoms with Gasteiger partial charge < -0.3 is 15.0 Å². The van der Waals surface area contributed by atoms with E-state index in [9.17, 15) is 4.79 Å². The summed E-state index contributed by atoms with van der Waals surface area (Å²) < 4.78 is 5.83. The minimum Gasteiger partial charge on any atom is -0.374 e. The van der Waals surface area contributed by atoms with E-state index in [4.69, 9.17) is 4.74 Å². The fourth-order valence-electron chi connectivity index (χ4n) is 3.56. The second kappa shape index (κ2) is 6.20. The van der Waals surface area contributed by atoms with E-state index >= 15 is 0 Å². The van der Waals surface area contributed by atoms with Crippen LogP contribution in [0.1, 0.15) is 25.7 Å². The van der Waals surface area contributed by atoms with Crippen LogP contribution in [0.2, 0.25) is 0 Å². The fourth-order valence-corrected chi connectivity index (χ4v) is 3.56. The van der Waals surface area contributed by atoms with Gasteiger partial charge >= 0.3 is 0 Å². The first-order valence-corrected chi connectivity index (χ1v) is 7.69. The maximum Gasteiger partial charge on any atom is 0.237 e. The van der Waals surface area contributed by atoms with Gasteiger partial charge in [0, 0.05) is 32.7 Å². The highest BCUT2D eigenvalue weighted by Gasteiger charge is 2.36. The van der Waals surface area contributed by atoms with Gasteiger partial charge in [-0.2, -0.15) is 0 Å². The number of nitrogens with zero attached hydrogens (tertiary/aromatic N) is 2. The summed E-state index contributed by atoms with van der Waals surface area (Å²) in [6.45, 7) is 6.07. The second-order valence-corrected chi connectivity index (χ2v) is 5.87. The van der Waals surface area contributed by atoms with Crippen molar-refractivity contribution in [1.82, 2.24) is 15.1 Å². The number of morpholine rings is 1. The van der Waals surface area contributed by atoms with E-state index in [1.165, 1.54) is 12.8 Å². The topological polar surface area (TPSA) is 44.8 Å². The number of carbonyl (C=O) groups is 1. The van der Waals surface area contributed by atoms with E-state index in [-0.39, 0.29) is 0 Å². The summed E-state index contributed by atoms with van der Waals surface area (Å²) in [5.41, 5.74) is 0. The van der Waals surface area contributed by atoms with Crippen LogP contribution in [-0.4, -0.2) is 73.7 Å². The largest absolute Gasteiger partial charge is 0.374 e. The number of nitrogens with one attached hydrogen (secondary N) is 1. The number of ether oxygens (including phenoxy) is 1. The molecule has 3 rings (SSSR count). The van der Waals surface area contributed by atoms with Crippen molar-refractivity contribution in [1.29, 1.82) is 0 Å². The molecule has 5 nitrogen and oxygen atoms in total. The Balaban J connectivity index is 1.58. The first-order valence-electron chi connectivity index (χ1n) is 7.69. The predicted octanol–water partition coefficient (Wildman–Crippen LogP) is 0.0616. The summed E-state index contributed by atoms with van der Waals surface area (Å²) in [4.78, 5) is 16.9. The Morgan fingerprint density at radius 3 is 2.79 bits per heavy atom. The summed E-state index contributed by atoms with van der Waals surface area (Å²) in [7, 11) is 0. The van der Waals surface area contributed by atoms with Crippen molar-refractivity contribution in [2.45, 2.75) is 37.8 Å². The predicted molar refractivity (Wildman–Crippen MR) is 73.0 cm³/mol. The van der Waals surface area contributed by atoms with Crippen LogP contribution in [0, 0.1) is 0 Å². The molecule has 0 aromatic carbocycles. The van der Waals surface area contributed by atoms with Crippen LogP contribution >= 0.6 is 0 Å². The van der Waals surface area contributed by atoms with Crippen molar-refractivity contribution in [3.05, 3.63) is 0 Å². The highest BCUT2D eigenvalue weighted by Crippen LogP contribution is 2.28. The van der Waals surface area contributed by atoms with Crippen LogP contribution in [0.4, 0.5) is 0 Å². The molecule has 19 heavy (non-hydrogen) atoms. The zero-order valence-corrected chi connectivity index (χ0v) is 11.6. The smallest absolute Gasteiger partial charge is 0.237 e. The van der Waals surface area contributed by atoms with Gasteiger partial charge in [-0.3, -0.25) is 9.69 Å². The third-order valence-corrected chi connectivity index (χ3v) is 4.62. The molecule has 0 aromatic rings. The van der Waals surface area contributed by atoms with Crippen molar-refractivity contribution >= 4 is 5.91 Å². The molecule has 1 aliphatic carbocycles. The summed E-state index contributed by atoms with van der Waals surface area (Å²) in [6, 6.07) is 0.345. The molecule has 2 unspecified atom stereocenters. The lowest BCUT2D eigenvalue weighted by Gasteiger charge is -2.44. The average Bonchev–Trinajstić information content (AvgIpc) is 2.47. The molecule has 0 bridgehead atoms. The Morgan fingerprint density at radius 2 is 1.95 bits per heavy atom. The lowest BCUT2D eigenvalue weighted by Crippen LogP contribution is -2.57. The van der Waals surface area contributed by atoms with Gasteiger partial charge in [0.15, 0.2) is 0 Å². The van der Waals surface area contributed by atoms with Crippen LogP contribution in [0.5, 0.6) is 0 Å². The van der Waals surface area contributed by atoms with Crippen molar-refractivity contribution in [3.63, 3.8) is 0 Å². The molecule has 2 saturated heterocycles. The highest BCUT2D eigenvalue weighted by molar-refractivity contribution is 5.78. The minimum absolute atomic E-state index is 0.300. The molecule has 108 valence electrons. The van der Waals surface area contributed by atoms with E-state index in [0.29, 0.717) is 31.2 Å². The van der Waals surface area contributed by atoms with Crippen molar-refractivity contribution in [2.75, 3.05) is 45.9 Å². The lowest BCUT2D eigenvalue weighted by atomic mass is 9.90. The standard InChI is InChI=1S/C14H25N3O2/c18-14(11-16-7-5-15-6-8-16)17-9-10-19-13-4-2-1-3-12(13)17/h12-13,15H,1-11H2. The summed E-state index contributed by atoms with van der Waals surface area (Å²) in [6.07, 6.45) is 5.04. The Kier molecular flexibility index (Phi) is 4.35. The Morgan fingerprint density at radius 1 is 1.16 bits per heavy atom.